The monoisotopic (exact) mass is 391 g/mol. The molecule has 0 saturated heterocycles. The van der Waals surface area contributed by atoms with E-state index in [1.54, 1.807) is 53.2 Å². The van der Waals surface area contributed by atoms with Gasteiger partial charge in [-0.1, -0.05) is 18.2 Å². The molecule has 3 aromatic heterocycles. The maximum Gasteiger partial charge on any atom is 0.225 e. The van der Waals surface area contributed by atoms with Crippen molar-refractivity contribution in [1.29, 1.82) is 0 Å². The number of amides is 1. The summed E-state index contributed by atoms with van der Waals surface area (Å²) >= 11 is 0. The van der Waals surface area contributed by atoms with Crippen LogP contribution in [-0.2, 0) is 17.8 Å². The van der Waals surface area contributed by atoms with Gasteiger partial charge < -0.3 is 10.6 Å². The van der Waals surface area contributed by atoms with E-state index in [0.717, 1.165) is 5.56 Å². The highest BCUT2D eigenvalue weighted by Gasteiger charge is 2.11. The molecule has 1 aromatic carbocycles. The van der Waals surface area contributed by atoms with Gasteiger partial charge in [0.15, 0.2) is 11.5 Å². The van der Waals surface area contributed by atoms with Crippen LogP contribution in [-0.4, -0.2) is 30.7 Å². The minimum absolute atomic E-state index is 0.161. The van der Waals surface area contributed by atoms with Crippen LogP contribution >= 0.6 is 0 Å². The molecule has 0 aliphatic carbocycles. The van der Waals surface area contributed by atoms with Gasteiger partial charge in [-0.3, -0.25) is 4.79 Å². The number of anilines is 2. The van der Waals surface area contributed by atoms with E-state index in [9.17, 15) is 9.18 Å². The lowest BCUT2D eigenvalue weighted by atomic mass is 10.2. The van der Waals surface area contributed by atoms with E-state index in [1.165, 1.54) is 12.1 Å². The topological polar surface area (TPSA) is 97.1 Å². The number of benzene rings is 1. The van der Waals surface area contributed by atoms with Gasteiger partial charge in [0.05, 0.1) is 0 Å². The maximum absolute atomic E-state index is 13.0. The lowest BCUT2D eigenvalue weighted by Gasteiger charge is -2.07. The number of halogens is 1. The Kier molecular flexibility index (Phi) is 5.37. The number of aromatic nitrogens is 5. The number of nitrogens with zero attached hydrogens (tertiary/aromatic N) is 5. The zero-order valence-electron chi connectivity index (χ0n) is 15.4. The molecule has 4 aromatic rings. The minimum Gasteiger partial charge on any atom is -0.365 e. The van der Waals surface area contributed by atoms with E-state index in [4.69, 9.17) is 0 Å². The molecule has 0 unspecified atom stereocenters. The normalized spacial score (nSPS) is 10.8. The fraction of sp³-hybridized carbons (Fsp3) is 0.150. The van der Waals surface area contributed by atoms with Crippen LogP contribution in [0.5, 0.6) is 0 Å². The standard InChI is InChI=1S/C20H18FN7O/c21-15-6-4-14(5-7-15)13-23-17-8-9-18-25-26-19(28(18)27-17)10-11-20(29)24-16-3-1-2-12-22-16/h1-9,12H,10-11,13H2,(H,23,27)(H,22,24,29). The lowest BCUT2D eigenvalue weighted by molar-refractivity contribution is -0.116. The van der Waals surface area contributed by atoms with E-state index >= 15 is 0 Å². The Bertz CT molecular complexity index is 1110. The van der Waals surface area contributed by atoms with Crippen LogP contribution in [0.4, 0.5) is 16.0 Å². The predicted octanol–water partition coefficient (Wildman–Crippen LogP) is 2.84. The number of rotatable bonds is 7. The van der Waals surface area contributed by atoms with Crippen LogP contribution < -0.4 is 10.6 Å². The second-order valence-corrected chi connectivity index (χ2v) is 6.35. The van der Waals surface area contributed by atoms with Gasteiger partial charge in [-0.15, -0.1) is 15.3 Å². The number of hydrogen-bond acceptors (Lipinski definition) is 6. The summed E-state index contributed by atoms with van der Waals surface area (Å²) in [7, 11) is 0. The summed E-state index contributed by atoms with van der Waals surface area (Å²) in [5.74, 6) is 1.29. The van der Waals surface area contributed by atoms with Gasteiger partial charge in [-0.05, 0) is 42.0 Å². The van der Waals surface area contributed by atoms with E-state index in [1.807, 2.05) is 0 Å². The number of nitrogens with one attached hydrogen (secondary N) is 2. The van der Waals surface area contributed by atoms with Crippen molar-refractivity contribution in [2.45, 2.75) is 19.4 Å². The third-order valence-corrected chi connectivity index (χ3v) is 4.22. The number of hydrogen-bond donors (Lipinski definition) is 2. The largest absolute Gasteiger partial charge is 0.365 e. The Morgan fingerprint density at radius 1 is 1.00 bits per heavy atom. The smallest absolute Gasteiger partial charge is 0.225 e. The van der Waals surface area contributed by atoms with E-state index < -0.39 is 0 Å². The summed E-state index contributed by atoms with van der Waals surface area (Å²) in [6, 6.07) is 15.2. The first-order valence-electron chi connectivity index (χ1n) is 9.08. The first-order chi connectivity index (χ1) is 14.2. The summed E-state index contributed by atoms with van der Waals surface area (Å²) < 4.78 is 14.6. The maximum atomic E-state index is 13.0. The Hall–Kier alpha value is -3.88. The Balaban J connectivity index is 1.40. The van der Waals surface area contributed by atoms with Crippen molar-refractivity contribution in [3.8, 4) is 0 Å². The zero-order valence-corrected chi connectivity index (χ0v) is 15.4. The molecule has 0 saturated carbocycles. The molecule has 29 heavy (non-hydrogen) atoms. The molecular weight excluding hydrogens is 373 g/mol. The molecule has 2 N–H and O–H groups in total. The molecule has 0 bridgehead atoms. The molecule has 0 radical (unpaired) electrons. The highest BCUT2D eigenvalue weighted by Crippen LogP contribution is 2.11. The quantitative estimate of drug-likeness (QED) is 0.503. The number of aryl methyl sites for hydroxylation is 1. The zero-order chi connectivity index (χ0) is 20.1. The summed E-state index contributed by atoms with van der Waals surface area (Å²) in [6.45, 7) is 0.503. The van der Waals surface area contributed by atoms with Gasteiger partial charge in [0.2, 0.25) is 5.91 Å². The summed E-state index contributed by atoms with van der Waals surface area (Å²) in [4.78, 5) is 16.2. The SMILES string of the molecule is O=C(CCc1nnc2ccc(NCc3ccc(F)cc3)nn12)Nc1ccccn1. The van der Waals surface area contributed by atoms with Crippen molar-refractivity contribution < 1.29 is 9.18 Å². The second kappa shape index (κ2) is 8.42. The van der Waals surface area contributed by atoms with Gasteiger partial charge in [-0.25, -0.2) is 9.37 Å². The van der Waals surface area contributed by atoms with Gasteiger partial charge in [0, 0.05) is 25.6 Å². The van der Waals surface area contributed by atoms with Crippen molar-refractivity contribution in [3.05, 3.63) is 78.0 Å². The third-order valence-electron chi connectivity index (χ3n) is 4.22. The number of carbonyl (C=O) groups excluding carboxylic acids is 1. The van der Waals surface area contributed by atoms with Crippen LogP contribution in [0.15, 0.2) is 60.8 Å². The van der Waals surface area contributed by atoms with Gasteiger partial charge in [-0.2, -0.15) is 4.52 Å². The fourth-order valence-corrected chi connectivity index (χ4v) is 2.75. The van der Waals surface area contributed by atoms with Crippen molar-refractivity contribution in [3.63, 3.8) is 0 Å². The van der Waals surface area contributed by atoms with Crippen LogP contribution in [0, 0.1) is 5.82 Å². The van der Waals surface area contributed by atoms with E-state index in [2.05, 4.69) is 30.9 Å². The average Bonchev–Trinajstić information content (AvgIpc) is 3.15. The molecule has 0 atom stereocenters. The molecule has 3 heterocycles. The third kappa shape index (κ3) is 4.70. The molecule has 4 rings (SSSR count). The summed E-state index contributed by atoms with van der Waals surface area (Å²) in [5, 5.41) is 18.6. The van der Waals surface area contributed by atoms with Crippen molar-refractivity contribution in [1.82, 2.24) is 24.8 Å². The van der Waals surface area contributed by atoms with Crippen molar-refractivity contribution in [2.75, 3.05) is 10.6 Å². The van der Waals surface area contributed by atoms with Crippen LogP contribution in [0.3, 0.4) is 0 Å². The number of carbonyl (C=O) groups is 1. The molecule has 146 valence electrons. The number of pyridine rings is 1. The van der Waals surface area contributed by atoms with E-state index in [-0.39, 0.29) is 18.1 Å². The summed E-state index contributed by atoms with van der Waals surface area (Å²) in [6.07, 6.45) is 2.23. The molecule has 0 aliphatic heterocycles. The first kappa shape index (κ1) is 18.5. The van der Waals surface area contributed by atoms with Crippen LogP contribution in [0.2, 0.25) is 0 Å². The van der Waals surface area contributed by atoms with Gasteiger partial charge in [0.1, 0.15) is 17.5 Å². The molecule has 9 heteroatoms. The Morgan fingerprint density at radius 3 is 2.66 bits per heavy atom. The molecular formula is C20H18FN7O. The molecule has 1 amide bonds. The molecule has 8 nitrogen and oxygen atoms in total. The summed E-state index contributed by atoms with van der Waals surface area (Å²) in [5.41, 5.74) is 1.53. The molecule has 0 spiro atoms. The highest BCUT2D eigenvalue weighted by molar-refractivity contribution is 5.89. The molecule has 0 fully saturated rings. The highest BCUT2D eigenvalue weighted by atomic mass is 19.1. The van der Waals surface area contributed by atoms with Gasteiger partial charge in [0.25, 0.3) is 0 Å². The lowest BCUT2D eigenvalue weighted by Crippen LogP contribution is -2.14. The van der Waals surface area contributed by atoms with Crippen LogP contribution in [0.1, 0.15) is 17.8 Å². The van der Waals surface area contributed by atoms with Crippen LogP contribution in [0.25, 0.3) is 5.65 Å². The number of fused-ring (bicyclic) bond motifs is 1. The Labute approximate surface area is 165 Å². The predicted molar refractivity (Wildman–Crippen MR) is 106 cm³/mol. The van der Waals surface area contributed by atoms with Crippen molar-refractivity contribution in [2.24, 2.45) is 0 Å². The minimum atomic E-state index is -0.269. The van der Waals surface area contributed by atoms with E-state index in [0.29, 0.717) is 36.1 Å². The molecule has 0 aliphatic rings. The van der Waals surface area contributed by atoms with Gasteiger partial charge >= 0.3 is 0 Å². The first-order valence-corrected chi connectivity index (χ1v) is 9.08. The fourth-order valence-electron chi connectivity index (χ4n) is 2.75. The average molecular weight is 391 g/mol. The second-order valence-electron chi connectivity index (χ2n) is 6.35. The van der Waals surface area contributed by atoms with Crippen molar-refractivity contribution >= 4 is 23.2 Å². The Morgan fingerprint density at radius 2 is 1.86 bits per heavy atom.